The SMILES string of the molecule is c1cc(-c2nc3ccccc3c3c2ccc2c4ccccc4sc23)cc(-c2ccc(-c3ccnc4c3ccc3cccnc34)c3cccnc23)c1. The van der Waals surface area contributed by atoms with Crippen molar-refractivity contribution in [2.45, 2.75) is 0 Å². The van der Waals surface area contributed by atoms with Gasteiger partial charge >= 0.3 is 0 Å². The maximum Gasteiger partial charge on any atom is 0.0970 e. The van der Waals surface area contributed by atoms with E-state index in [9.17, 15) is 0 Å². The van der Waals surface area contributed by atoms with Crippen molar-refractivity contribution in [3.63, 3.8) is 0 Å². The highest BCUT2D eigenvalue weighted by Gasteiger charge is 2.18. The Hall–Kier alpha value is -6.56. The van der Waals surface area contributed by atoms with E-state index >= 15 is 0 Å². The number of thiophene rings is 1. The minimum Gasteiger partial charge on any atom is -0.256 e. The van der Waals surface area contributed by atoms with Crippen LogP contribution >= 0.6 is 11.3 Å². The first-order valence-electron chi connectivity index (χ1n) is 17.0. The molecule has 11 aromatic rings. The number of para-hydroxylation sites is 1. The predicted molar refractivity (Wildman–Crippen MR) is 214 cm³/mol. The summed E-state index contributed by atoms with van der Waals surface area (Å²) < 4.78 is 2.61. The van der Waals surface area contributed by atoms with Crippen molar-refractivity contribution in [3.05, 3.63) is 158 Å². The van der Waals surface area contributed by atoms with Crippen LogP contribution in [0.4, 0.5) is 0 Å². The van der Waals surface area contributed by atoms with Crippen LogP contribution in [-0.2, 0) is 0 Å². The van der Waals surface area contributed by atoms with Crippen molar-refractivity contribution in [1.82, 2.24) is 19.9 Å². The molecule has 51 heavy (non-hydrogen) atoms. The summed E-state index contributed by atoms with van der Waals surface area (Å²) in [5.74, 6) is 0. The summed E-state index contributed by atoms with van der Waals surface area (Å²) >= 11 is 1.87. The molecule has 6 aromatic carbocycles. The zero-order valence-corrected chi connectivity index (χ0v) is 28.0. The third-order valence-corrected chi connectivity index (χ3v) is 11.4. The Morgan fingerprint density at radius 1 is 0.412 bits per heavy atom. The molecule has 0 aliphatic heterocycles. The van der Waals surface area contributed by atoms with Gasteiger partial charge in [-0.1, -0.05) is 103 Å². The second-order valence-corrected chi connectivity index (χ2v) is 14.0. The van der Waals surface area contributed by atoms with Crippen molar-refractivity contribution < 1.29 is 0 Å². The van der Waals surface area contributed by atoms with Gasteiger partial charge in [0.25, 0.3) is 0 Å². The number of nitrogens with zero attached hydrogens (tertiary/aromatic N) is 4. The number of rotatable bonds is 3. The van der Waals surface area contributed by atoms with Gasteiger partial charge in [0.05, 0.1) is 27.8 Å². The van der Waals surface area contributed by atoms with Gasteiger partial charge in [-0.3, -0.25) is 15.0 Å². The van der Waals surface area contributed by atoms with Gasteiger partial charge in [-0.15, -0.1) is 11.3 Å². The van der Waals surface area contributed by atoms with Crippen molar-refractivity contribution >= 4 is 85.9 Å². The van der Waals surface area contributed by atoms with Gasteiger partial charge in [-0.2, -0.15) is 0 Å². The normalized spacial score (nSPS) is 11.9. The zero-order chi connectivity index (χ0) is 33.5. The Bertz CT molecular complexity index is 3220. The van der Waals surface area contributed by atoms with Crippen molar-refractivity contribution in [2.24, 2.45) is 0 Å². The molecule has 0 N–H and O–H groups in total. The summed E-state index contributed by atoms with van der Waals surface area (Å²) in [6.07, 6.45) is 5.61. The van der Waals surface area contributed by atoms with E-state index in [1.165, 1.54) is 30.9 Å². The molecule has 236 valence electrons. The highest BCUT2D eigenvalue weighted by molar-refractivity contribution is 7.26. The molecule has 0 fully saturated rings. The number of hydrogen-bond acceptors (Lipinski definition) is 5. The van der Waals surface area contributed by atoms with Crippen LogP contribution in [0.3, 0.4) is 0 Å². The molecule has 0 radical (unpaired) electrons. The van der Waals surface area contributed by atoms with E-state index in [1.54, 1.807) is 0 Å². The van der Waals surface area contributed by atoms with E-state index in [4.69, 9.17) is 15.0 Å². The maximum absolute atomic E-state index is 5.31. The standard InChI is InChI=1S/C46H26N4S/c1-3-14-39-37(12-1)41-38(21-20-36-33-11-2-4-15-40(33)51-46(36)41)42(50-39)29-9-5-8-28(26-29)30-18-19-31(34-13-7-24-48-44(30)34)32-22-25-49-45-35(32)17-16-27-10-6-23-47-43(27)45/h1-26H. The third kappa shape index (κ3) is 4.25. The topological polar surface area (TPSA) is 51.6 Å². The second kappa shape index (κ2) is 11.0. The molecule has 11 rings (SSSR count). The van der Waals surface area contributed by atoms with E-state index in [2.05, 4.69) is 132 Å². The quantitative estimate of drug-likeness (QED) is 0.176. The van der Waals surface area contributed by atoms with E-state index in [0.29, 0.717) is 0 Å². The smallest absolute Gasteiger partial charge is 0.0970 e. The van der Waals surface area contributed by atoms with Gasteiger partial charge in [-0.25, -0.2) is 4.98 Å². The first kappa shape index (κ1) is 28.3. The lowest BCUT2D eigenvalue weighted by Gasteiger charge is -2.15. The number of pyridine rings is 4. The first-order chi connectivity index (χ1) is 25.3. The molecule has 0 atom stereocenters. The van der Waals surface area contributed by atoms with Gasteiger partial charge in [0.2, 0.25) is 0 Å². The molecule has 4 nitrogen and oxygen atoms in total. The van der Waals surface area contributed by atoms with Crippen LogP contribution in [0.5, 0.6) is 0 Å². The predicted octanol–water partition coefficient (Wildman–Crippen LogP) is 12.4. The van der Waals surface area contributed by atoms with E-state index in [-0.39, 0.29) is 0 Å². The van der Waals surface area contributed by atoms with Gasteiger partial charge in [0.1, 0.15) is 0 Å². The largest absolute Gasteiger partial charge is 0.256 e. The maximum atomic E-state index is 5.31. The molecule has 0 saturated carbocycles. The van der Waals surface area contributed by atoms with Gasteiger partial charge < -0.3 is 0 Å². The highest BCUT2D eigenvalue weighted by Crippen LogP contribution is 2.44. The average Bonchev–Trinajstić information content (AvgIpc) is 3.59. The molecule has 0 aliphatic rings. The molecular weight excluding hydrogens is 641 g/mol. The Labute approximate surface area is 296 Å². The Morgan fingerprint density at radius 2 is 1.12 bits per heavy atom. The van der Waals surface area contributed by atoms with Crippen LogP contribution in [0, 0.1) is 0 Å². The molecule has 0 saturated heterocycles. The van der Waals surface area contributed by atoms with Crippen molar-refractivity contribution in [1.29, 1.82) is 0 Å². The molecule has 5 heteroatoms. The molecule has 0 aliphatic carbocycles. The summed E-state index contributed by atoms with van der Waals surface area (Å²) in [7, 11) is 0. The van der Waals surface area contributed by atoms with E-state index in [0.717, 1.165) is 77.1 Å². The van der Waals surface area contributed by atoms with Crippen LogP contribution in [-0.4, -0.2) is 19.9 Å². The molecular formula is C46H26N4S. The minimum atomic E-state index is 0.905. The molecule has 5 heterocycles. The van der Waals surface area contributed by atoms with Crippen molar-refractivity contribution in [2.75, 3.05) is 0 Å². The lowest BCUT2D eigenvalue weighted by atomic mass is 9.92. The fraction of sp³-hybridized carbons (Fsp3) is 0. The van der Waals surface area contributed by atoms with Crippen LogP contribution < -0.4 is 0 Å². The average molecular weight is 667 g/mol. The van der Waals surface area contributed by atoms with Gasteiger partial charge in [-0.05, 0) is 53.1 Å². The number of benzene rings is 6. The van der Waals surface area contributed by atoms with Crippen LogP contribution in [0.1, 0.15) is 0 Å². The number of fused-ring (bicyclic) bond motifs is 11. The van der Waals surface area contributed by atoms with Gasteiger partial charge in [0, 0.05) is 82.2 Å². The van der Waals surface area contributed by atoms with Crippen LogP contribution in [0.15, 0.2) is 158 Å². The summed E-state index contributed by atoms with van der Waals surface area (Å²) in [6.45, 7) is 0. The number of hydrogen-bond donors (Lipinski definition) is 0. The Morgan fingerprint density at radius 3 is 2.08 bits per heavy atom. The summed E-state index contributed by atoms with van der Waals surface area (Å²) in [6, 6.07) is 49.6. The summed E-state index contributed by atoms with van der Waals surface area (Å²) in [5.41, 5.74) is 10.3. The first-order valence-corrected chi connectivity index (χ1v) is 17.9. The fourth-order valence-electron chi connectivity index (χ4n) is 7.90. The Kier molecular flexibility index (Phi) is 6.09. The second-order valence-electron chi connectivity index (χ2n) is 13.0. The molecule has 0 spiro atoms. The van der Waals surface area contributed by atoms with Crippen LogP contribution in [0.2, 0.25) is 0 Å². The van der Waals surface area contributed by atoms with E-state index in [1.807, 2.05) is 42.1 Å². The highest BCUT2D eigenvalue weighted by atomic mass is 32.1. The van der Waals surface area contributed by atoms with Gasteiger partial charge in [0.15, 0.2) is 0 Å². The molecule has 0 bridgehead atoms. The zero-order valence-electron chi connectivity index (χ0n) is 27.2. The molecule has 0 unspecified atom stereocenters. The summed E-state index contributed by atoms with van der Waals surface area (Å²) in [4.78, 5) is 19.7. The minimum absolute atomic E-state index is 0.905. The Balaban J connectivity index is 1.11. The van der Waals surface area contributed by atoms with Crippen LogP contribution in [0.25, 0.3) is 108 Å². The van der Waals surface area contributed by atoms with E-state index < -0.39 is 0 Å². The molecule has 0 amide bonds. The number of aromatic nitrogens is 4. The third-order valence-electron chi connectivity index (χ3n) is 10.2. The lowest BCUT2D eigenvalue weighted by molar-refractivity contribution is 1.37. The lowest BCUT2D eigenvalue weighted by Crippen LogP contribution is -1.93. The monoisotopic (exact) mass is 666 g/mol. The fourth-order valence-corrected chi connectivity index (χ4v) is 9.16. The van der Waals surface area contributed by atoms with Crippen molar-refractivity contribution in [3.8, 4) is 33.5 Å². The summed E-state index contributed by atoms with van der Waals surface area (Å²) in [5, 5.41) is 9.46. The molecule has 5 aromatic heterocycles.